The number of ether oxygens (including phenoxy) is 2. The second-order valence-electron chi connectivity index (χ2n) is 10.9. The fourth-order valence-electron chi connectivity index (χ4n) is 5.47. The largest absolute Gasteiger partial charge is 0.493 e. The third-order valence-corrected chi connectivity index (χ3v) is 7.74. The van der Waals surface area contributed by atoms with Gasteiger partial charge in [-0.15, -0.1) is 0 Å². The van der Waals surface area contributed by atoms with Crippen molar-refractivity contribution in [1.82, 2.24) is 15.5 Å². The molecule has 7 heteroatoms. The molecule has 0 spiro atoms. The third kappa shape index (κ3) is 8.72. The summed E-state index contributed by atoms with van der Waals surface area (Å²) in [6.07, 6.45) is 9.92. The molecule has 2 aromatic carbocycles. The Labute approximate surface area is 233 Å². The molecule has 2 fully saturated rings. The van der Waals surface area contributed by atoms with Gasteiger partial charge in [-0.05, 0) is 80.3 Å². The number of amides is 2. The Kier molecular flexibility index (Phi) is 11.1. The maximum absolute atomic E-state index is 13.5. The van der Waals surface area contributed by atoms with Crippen LogP contribution in [0.15, 0.2) is 42.5 Å². The van der Waals surface area contributed by atoms with Crippen LogP contribution in [0.1, 0.15) is 81.4 Å². The predicted molar refractivity (Wildman–Crippen MR) is 154 cm³/mol. The summed E-state index contributed by atoms with van der Waals surface area (Å²) in [6, 6.07) is 14.0. The number of hydrogen-bond donors (Lipinski definition) is 2. The topological polar surface area (TPSA) is 79.9 Å². The Morgan fingerprint density at radius 2 is 1.72 bits per heavy atom. The summed E-state index contributed by atoms with van der Waals surface area (Å²) in [4.78, 5) is 28.1. The lowest BCUT2D eigenvalue weighted by Crippen LogP contribution is -2.49. The minimum absolute atomic E-state index is 0.0877. The molecule has 2 amide bonds. The normalized spacial score (nSPS) is 18.2. The van der Waals surface area contributed by atoms with Crippen molar-refractivity contribution in [1.29, 1.82) is 0 Å². The first kappa shape index (κ1) is 28.9. The quantitative estimate of drug-likeness (QED) is 0.387. The third-order valence-electron chi connectivity index (χ3n) is 7.74. The van der Waals surface area contributed by atoms with E-state index in [1.165, 1.54) is 37.7 Å². The van der Waals surface area contributed by atoms with Crippen molar-refractivity contribution < 1.29 is 19.1 Å². The van der Waals surface area contributed by atoms with Gasteiger partial charge in [0.1, 0.15) is 17.5 Å². The number of hydrogen-bond acceptors (Lipinski definition) is 5. The Bertz CT molecular complexity index is 1070. The summed E-state index contributed by atoms with van der Waals surface area (Å²) in [5.74, 6) is 1.23. The van der Waals surface area contributed by atoms with Crippen molar-refractivity contribution in [2.24, 2.45) is 0 Å². The van der Waals surface area contributed by atoms with E-state index in [1.54, 1.807) is 4.90 Å². The number of nitrogens with one attached hydrogen (secondary N) is 2. The average molecular weight is 536 g/mol. The highest BCUT2D eigenvalue weighted by molar-refractivity contribution is 5.88. The summed E-state index contributed by atoms with van der Waals surface area (Å²) in [7, 11) is 0. The standard InChI is InChI=1S/C32H45N3O4/c1-3-19-38-30-17-14-26(20-24(30)2)22-35(29-11-7-8-18-33-32(29)37)31(36)23-39-28-15-12-25(13-16-28)21-34-27-9-5-4-6-10-27/h12-17,20,27,29,34H,3-11,18-19,21-23H2,1-2H3,(H,33,37)/t29-/m0/s1. The van der Waals surface area contributed by atoms with Gasteiger partial charge in [-0.25, -0.2) is 0 Å². The van der Waals surface area contributed by atoms with Gasteiger partial charge < -0.3 is 25.0 Å². The molecule has 2 aliphatic rings. The van der Waals surface area contributed by atoms with E-state index in [0.717, 1.165) is 42.7 Å². The van der Waals surface area contributed by atoms with E-state index < -0.39 is 6.04 Å². The van der Waals surface area contributed by atoms with Gasteiger partial charge in [0.05, 0.1) is 6.61 Å². The number of carbonyl (C=O) groups excluding carboxylic acids is 2. The van der Waals surface area contributed by atoms with Gasteiger partial charge >= 0.3 is 0 Å². The van der Waals surface area contributed by atoms with Crippen LogP contribution in [0.25, 0.3) is 0 Å². The van der Waals surface area contributed by atoms with Crippen LogP contribution < -0.4 is 20.1 Å². The zero-order chi connectivity index (χ0) is 27.5. The lowest BCUT2D eigenvalue weighted by Gasteiger charge is -2.30. The molecule has 4 rings (SSSR count). The van der Waals surface area contributed by atoms with Gasteiger partial charge in [0.25, 0.3) is 5.91 Å². The number of carbonyl (C=O) groups is 2. The van der Waals surface area contributed by atoms with E-state index in [1.807, 2.05) is 37.3 Å². The Hall–Kier alpha value is -3.06. The van der Waals surface area contributed by atoms with Gasteiger partial charge in [-0.1, -0.05) is 50.5 Å². The fourth-order valence-corrected chi connectivity index (χ4v) is 5.47. The number of benzene rings is 2. The highest BCUT2D eigenvalue weighted by Gasteiger charge is 2.31. The van der Waals surface area contributed by atoms with Crippen LogP contribution in [0.2, 0.25) is 0 Å². The highest BCUT2D eigenvalue weighted by Crippen LogP contribution is 2.23. The summed E-state index contributed by atoms with van der Waals surface area (Å²) in [6.45, 7) is 6.49. The summed E-state index contributed by atoms with van der Waals surface area (Å²) < 4.78 is 11.7. The molecule has 1 atom stereocenters. The molecule has 0 bridgehead atoms. The molecule has 1 saturated carbocycles. The smallest absolute Gasteiger partial charge is 0.261 e. The van der Waals surface area contributed by atoms with Crippen molar-refractivity contribution in [3.63, 3.8) is 0 Å². The maximum atomic E-state index is 13.5. The van der Waals surface area contributed by atoms with Gasteiger partial charge in [0.2, 0.25) is 5.91 Å². The summed E-state index contributed by atoms with van der Waals surface area (Å²) in [5.41, 5.74) is 3.20. The zero-order valence-corrected chi connectivity index (χ0v) is 23.7. The first-order chi connectivity index (χ1) is 19.0. The molecule has 1 saturated heterocycles. The Balaban J connectivity index is 1.38. The van der Waals surface area contributed by atoms with Crippen LogP contribution in [0, 0.1) is 6.92 Å². The van der Waals surface area contributed by atoms with Crippen LogP contribution in [0.4, 0.5) is 0 Å². The molecule has 0 unspecified atom stereocenters. The van der Waals surface area contributed by atoms with Crippen molar-refractivity contribution in [3.8, 4) is 11.5 Å². The zero-order valence-electron chi connectivity index (χ0n) is 23.7. The maximum Gasteiger partial charge on any atom is 0.261 e. The first-order valence-corrected chi connectivity index (χ1v) is 14.8. The van der Waals surface area contributed by atoms with Gasteiger partial charge in [0, 0.05) is 25.7 Å². The number of aryl methyl sites for hydroxylation is 1. The molecule has 0 radical (unpaired) electrons. The summed E-state index contributed by atoms with van der Waals surface area (Å²) >= 11 is 0. The molecule has 212 valence electrons. The molecule has 39 heavy (non-hydrogen) atoms. The SMILES string of the molecule is CCCOc1ccc(CN(C(=O)COc2ccc(CNC3CCCCC3)cc2)[C@H]2CCCCNC2=O)cc1C. The number of nitrogens with zero attached hydrogens (tertiary/aromatic N) is 1. The molecular formula is C32H45N3O4. The van der Waals surface area contributed by atoms with E-state index in [4.69, 9.17) is 9.47 Å². The molecule has 1 aliphatic carbocycles. The van der Waals surface area contributed by atoms with E-state index in [-0.39, 0.29) is 18.4 Å². The molecule has 2 N–H and O–H groups in total. The molecule has 1 heterocycles. The Morgan fingerprint density at radius 1 is 0.974 bits per heavy atom. The molecule has 0 aromatic heterocycles. The van der Waals surface area contributed by atoms with Gasteiger partial charge in [-0.3, -0.25) is 9.59 Å². The van der Waals surface area contributed by atoms with Gasteiger partial charge in [-0.2, -0.15) is 0 Å². The molecular weight excluding hydrogens is 490 g/mol. The van der Waals surface area contributed by atoms with E-state index in [0.29, 0.717) is 37.9 Å². The molecule has 7 nitrogen and oxygen atoms in total. The highest BCUT2D eigenvalue weighted by atomic mass is 16.5. The first-order valence-electron chi connectivity index (χ1n) is 14.8. The molecule has 1 aliphatic heterocycles. The second-order valence-corrected chi connectivity index (χ2v) is 10.9. The van der Waals surface area contributed by atoms with Crippen molar-refractivity contribution in [3.05, 3.63) is 59.2 Å². The lowest BCUT2D eigenvalue weighted by molar-refractivity contribution is -0.142. The van der Waals surface area contributed by atoms with Crippen LogP contribution in [-0.2, 0) is 22.7 Å². The minimum atomic E-state index is -0.506. The van der Waals surface area contributed by atoms with E-state index >= 15 is 0 Å². The van der Waals surface area contributed by atoms with Gasteiger partial charge in [0.15, 0.2) is 6.61 Å². The average Bonchev–Trinajstić information content (AvgIpc) is 3.18. The van der Waals surface area contributed by atoms with Crippen LogP contribution >= 0.6 is 0 Å². The Morgan fingerprint density at radius 3 is 2.46 bits per heavy atom. The monoisotopic (exact) mass is 535 g/mol. The lowest BCUT2D eigenvalue weighted by atomic mass is 9.95. The number of rotatable bonds is 12. The minimum Gasteiger partial charge on any atom is -0.493 e. The van der Waals surface area contributed by atoms with Crippen molar-refractivity contribution in [2.75, 3.05) is 19.8 Å². The van der Waals surface area contributed by atoms with Crippen LogP contribution in [0.3, 0.4) is 0 Å². The second kappa shape index (κ2) is 14.9. The van der Waals surface area contributed by atoms with Crippen LogP contribution in [0.5, 0.6) is 11.5 Å². The molecule has 2 aromatic rings. The van der Waals surface area contributed by atoms with E-state index in [2.05, 4.69) is 29.7 Å². The van der Waals surface area contributed by atoms with E-state index in [9.17, 15) is 9.59 Å². The fraction of sp³-hybridized carbons (Fsp3) is 0.562. The van der Waals surface area contributed by atoms with Crippen molar-refractivity contribution >= 4 is 11.8 Å². The predicted octanol–water partition coefficient (Wildman–Crippen LogP) is 5.28. The summed E-state index contributed by atoms with van der Waals surface area (Å²) in [5, 5.41) is 6.64. The van der Waals surface area contributed by atoms with Crippen LogP contribution in [-0.4, -0.2) is 48.6 Å². The van der Waals surface area contributed by atoms with Crippen molar-refractivity contribution in [2.45, 2.75) is 96.8 Å².